The van der Waals surface area contributed by atoms with Crippen LogP contribution in [0.3, 0.4) is 0 Å². The van der Waals surface area contributed by atoms with E-state index in [2.05, 4.69) is 0 Å². The van der Waals surface area contributed by atoms with Crippen molar-refractivity contribution in [1.82, 2.24) is 0 Å². The highest BCUT2D eigenvalue weighted by atomic mass is 19.2. The largest absolute Gasteiger partial charge is 0.295 e. The number of hydrogen-bond donors (Lipinski definition) is 2. The highest BCUT2D eigenvalue weighted by molar-refractivity contribution is 4.97. The summed E-state index contributed by atoms with van der Waals surface area (Å²) in [6.45, 7) is 0. The van der Waals surface area contributed by atoms with Crippen molar-refractivity contribution in [3.8, 4) is 0 Å². The van der Waals surface area contributed by atoms with Gasteiger partial charge in [0.15, 0.2) is 0 Å². The first-order valence-corrected chi connectivity index (χ1v) is 2.91. The van der Waals surface area contributed by atoms with E-state index in [0.29, 0.717) is 6.42 Å². The zero-order valence-corrected chi connectivity index (χ0v) is 5.03. The fraction of sp³-hybridized carbons (Fsp3) is 1.00. The van der Waals surface area contributed by atoms with Crippen molar-refractivity contribution in [3.63, 3.8) is 0 Å². The molecule has 0 amide bonds. The molecule has 1 fully saturated rings. The van der Waals surface area contributed by atoms with Crippen LogP contribution in [-0.4, -0.2) is 11.6 Å². The molecule has 0 spiro atoms. The number of hydrogen-bond acceptors (Lipinski definition) is 2. The summed E-state index contributed by atoms with van der Waals surface area (Å²) < 4.78 is 25.3. The summed E-state index contributed by atoms with van der Waals surface area (Å²) >= 11 is 0. The van der Waals surface area contributed by atoms with Crippen LogP contribution in [0.5, 0.6) is 0 Å². The fourth-order valence-electron chi connectivity index (χ4n) is 1.02. The Morgan fingerprint density at radius 3 is 1.44 bits per heavy atom. The first-order chi connectivity index (χ1) is 3.96. The standard InChI is InChI=1S/C5H10F2N2/c6-4(8)2-1-3-5(4,7)9/h1-3,8-9H2. The van der Waals surface area contributed by atoms with Crippen LogP contribution in [0.1, 0.15) is 19.3 Å². The third kappa shape index (κ3) is 0.923. The van der Waals surface area contributed by atoms with Crippen molar-refractivity contribution >= 4 is 0 Å². The van der Waals surface area contributed by atoms with Crippen LogP contribution >= 0.6 is 0 Å². The normalized spacial score (nSPS) is 52.0. The Morgan fingerprint density at radius 2 is 1.33 bits per heavy atom. The van der Waals surface area contributed by atoms with Crippen LogP contribution in [0, 0.1) is 0 Å². The minimum Gasteiger partial charge on any atom is -0.295 e. The van der Waals surface area contributed by atoms with Crippen molar-refractivity contribution < 1.29 is 8.78 Å². The van der Waals surface area contributed by atoms with Gasteiger partial charge in [0.1, 0.15) is 0 Å². The zero-order chi connectivity index (χ0) is 7.12. The number of halogens is 2. The van der Waals surface area contributed by atoms with Gasteiger partial charge < -0.3 is 0 Å². The molecule has 1 aliphatic carbocycles. The molecule has 1 saturated carbocycles. The van der Waals surface area contributed by atoms with Gasteiger partial charge in [-0.1, -0.05) is 0 Å². The molecule has 0 aromatic carbocycles. The lowest BCUT2D eigenvalue weighted by Crippen LogP contribution is -2.56. The van der Waals surface area contributed by atoms with Crippen LogP contribution in [0.2, 0.25) is 0 Å². The quantitative estimate of drug-likeness (QED) is 0.474. The molecule has 9 heavy (non-hydrogen) atoms. The molecule has 0 heterocycles. The lowest BCUT2D eigenvalue weighted by Gasteiger charge is -2.24. The van der Waals surface area contributed by atoms with Crippen LogP contribution in [0.15, 0.2) is 0 Å². The molecule has 1 aliphatic rings. The molecule has 0 aromatic rings. The third-order valence-corrected chi connectivity index (χ3v) is 1.77. The minimum atomic E-state index is -2.30. The van der Waals surface area contributed by atoms with Crippen LogP contribution in [0.4, 0.5) is 8.78 Å². The Balaban J connectivity index is 2.75. The molecule has 0 radical (unpaired) electrons. The third-order valence-electron chi connectivity index (χ3n) is 1.77. The molecule has 0 bridgehead atoms. The van der Waals surface area contributed by atoms with Crippen LogP contribution in [0.25, 0.3) is 0 Å². The molecular formula is C5H10F2N2. The van der Waals surface area contributed by atoms with Gasteiger partial charge in [-0.3, -0.25) is 11.5 Å². The maximum atomic E-state index is 12.7. The predicted octanol–water partition coefficient (Wildman–Crippen LogP) is 0.419. The molecule has 0 aromatic heterocycles. The van der Waals surface area contributed by atoms with Gasteiger partial charge in [0.25, 0.3) is 0 Å². The minimum absolute atomic E-state index is 0.0278. The molecule has 54 valence electrons. The van der Waals surface area contributed by atoms with Crippen molar-refractivity contribution in [2.75, 3.05) is 0 Å². The Kier molecular flexibility index (Phi) is 1.25. The molecule has 2 unspecified atom stereocenters. The second-order valence-corrected chi connectivity index (χ2v) is 2.58. The Hall–Kier alpha value is -0.220. The van der Waals surface area contributed by atoms with Crippen molar-refractivity contribution in [3.05, 3.63) is 0 Å². The summed E-state index contributed by atoms with van der Waals surface area (Å²) in [5, 5.41) is 0. The average molecular weight is 136 g/mol. The molecule has 2 nitrogen and oxygen atoms in total. The van der Waals surface area contributed by atoms with Crippen molar-refractivity contribution in [2.24, 2.45) is 11.5 Å². The Labute approximate surface area is 52.2 Å². The molecule has 0 aliphatic heterocycles. The Bertz CT molecular complexity index is 108. The van der Waals surface area contributed by atoms with Crippen molar-refractivity contribution in [1.29, 1.82) is 0 Å². The second-order valence-electron chi connectivity index (χ2n) is 2.58. The van der Waals surface area contributed by atoms with E-state index in [1.165, 1.54) is 0 Å². The molecule has 4 heteroatoms. The van der Waals surface area contributed by atoms with E-state index < -0.39 is 11.6 Å². The summed E-state index contributed by atoms with van der Waals surface area (Å²) in [5.41, 5.74) is 9.78. The summed E-state index contributed by atoms with van der Waals surface area (Å²) in [5.74, 6) is -4.60. The molecule has 2 atom stereocenters. The molecule has 0 saturated heterocycles. The van der Waals surface area contributed by atoms with E-state index in [4.69, 9.17) is 11.5 Å². The monoisotopic (exact) mass is 136 g/mol. The maximum absolute atomic E-state index is 12.7. The van der Waals surface area contributed by atoms with E-state index in [9.17, 15) is 8.78 Å². The van der Waals surface area contributed by atoms with E-state index in [-0.39, 0.29) is 12.8 Å². The lowest BCUT2D eigenvalue weighted by molar-refractivity contribution is -0.00500. The van der Waals surface area contributed by atoms with Gasteiger partial charge in [0.05, 0.1) is 0 Å². The first-order valence-electron chi connectivity index (χ1n) is 2.91. The van der Waals surface area contributed by atoms with E-state index in [0.717, 1.165) is 0 Å². The Morgan fingerprint density at radius 1 is 1.00 bits per heavy atom. The second kappa shape index (κ2) is 1.64. The van der Waals surface area contributed by atoms with E-state index >= 15 is 0 Å². The smallest absolute Gasteiger partial charge is 0.206 e. The number of alkyl halides is 2. The van der Waals surface area contributed by atoms with Gasteiger partial charge in [0, 0.05) is 0 Å². The topological polar surface area (TPSA) is 52.0 Å². The molecule has 1 rings (SSSR count). The van der Waals surface area contributed by atoms with E-state index in [1.807, 2.05) is 0 Å². The first kappa shape index (κ1) is 6.89. The van der Waals surface area contributed by atoms with Gasteiger partial charge in [-0.2, -0.15) is 0 Å². The highest BCUT2D eigenvalue weighted by Gasteiger charge is 2.51. The summed E-state index contributed by atoms with van der Waals surface area (Å²) in [6.07, 6.45) is 0.486. The summed E-state index contributed by atoms with van der Waals surface area (Å²) in [4.78, 5) is 0. The van der Waals surface area contributed by atoms with Gasteiger partial charge in [0.2, 0.25) is 11.6 Å². The molecule has 4 N–H and O–H groups in total. The van der Waals surface area contributed by atoms with Gasteiger partial charge in [-0.05, 0) is 19.3 Å². The average Bonchev–Trinajstić information content (AvgIpc) is 1.81. The van der Waals surface area contributed by atoms with E-state index in [1.54, 1.807) is 0 Å². The van der Waals surface area contributed by atoms with Gasteiger partial charge in [-0.25, -0.2) is 8.78 Å². The number of rotatable bonds is 0. The lowest BCUT2D eigenvalue weighted by atomic mass is 10.1. The number of nitrogens with two attached hydrogens (primary N) is 2. The predicted molar refractivity (Wildman–Crippen MR) is 29.9 cm³/mol. The SMILES string of the molecule is NC1(F)CCCC1(N)F. The summed E-state index contributed by atoms with van der Waals surface area (Å²) in [6, 6.07) is 0. The van der Waals surface area contributed by atoms with Gasteiger partial charge >= 0.3 is 0 Å². The molecular weight excluding hydrogens is 126 g/mol. The zero-order valence-electron chi connectivity index (χ0n) is 5.03. The van der Waals surface area contributed by atoms with Gasteiger partial charge in [-0.15, -0.1) is 0 Å². The maximum Gasteiger partial charge on any atom is 0.206 e. The highest BCUT2D eigenvalue weighted by Crippen LogP contribution is 2.37. The fourth-order valence-corrected chi connectivity index (χ4v) is 1.02. The summed E-state index contributed by atoms with van der Waals surface area (Å²) in [7, 11) is 0. The van der Waals surface area contributed by atoms with Crippen molar-refractivity contribution in [2.45, 2.75) is 30.8 Å². The van der Waals surface area contributed by atoms with Crippen LogP contribution < -0.4 is 11.5 Å². The van der Waals surface area contributed by atoms with Crippen LogP contribution in [-0.2, 0) is 0 Å².